The molecule has 0 aromatic heterocycles. The second-order valence-electron chi connectivity index (χ2n) is 4.10. The summed E-state index contributed by atoms with van der Waals surface area (Å²) >= 11 is 3.13. The smallest absolute Gasteiger partial charge is 0.331 e. The van der Waals surface area contributed by atoms with Crippen LogP contribution >= 0.6 is 23.5 Å². The lowest BCUT2D eigenvalue weighted by Gasteiger charge is -2.11. The van der Waals surface area contributed by atoms with Crippen molar-refractivity contribution in [1.29, 1.82) is 0 Å². The van der Waals surface area contributed by atoms with Crippen LogP contribution in [0.1, 0.15) is 20.3 Å². The highest BCUT2D eigenvalue weighted by Gasteiger charge is 2.31. The molecule has 0 bridgehead atoms. The molecule has 2 atom stereocenters. The van der Waals surface area contributed by atoms with E-state index in [1.807, 2.05) is 0 Å². The van der Waals surface area contributed by atoms with Crippen LogP contribution in [0.4, 0.5) is 0 Å². The minimum absolute atomic E-state index is 0.147. The zero-order chi connectivity index (χ0) is 15.0. The first kappa shape index (κ1) is 17.3. The van der Waals surface area contributed by atoms with Crippen molar-refractivity contribution in [2.45, 2.75) is 31.7 Å². The van der Waals surface area contributed by atoms with Gasteiger partial charge in [-0.15, -0.1) is 11.8 Å². The third-order valence-electron chi connectivity index (χ3n) is 2.43. The Kier molecular flexibility index (Phi) is 8.01. The van der Waals surface area contributed by atoms with Crippen molar-refractivity contribution in [3.63, 3.8) is 0 Å². The van der Waals surface area contributed by atoms with E-state index >= 15 is 0 Å². The highest BCUT2D eigenvalue weighted by atomic mass is 32.2. The van der Waals surface area contributed by atoms with Crippen LogP contribution in [-0.4, -0.2) is 53.2 Å². The molecule has 0 aliphatic carbocycles. The van der Waals surface area contributed by atoms with Gasteiger partial charge in [0.15, 0.2) is 0 Å². The van der Waals surface area contributed by atoms with Crippen LogP contribution in [-0.2, 0) is 23.9 Å². The Bertz CT molecular complexity index is 364. The number of carbonyl (C=O) groups excluding carboxylic acids is 3. The average Bonchev–Trinajstić information content (AvgIpc) is 2.83. The molecule has 1 N–H and O–H groups in total. The van der Waals surface area contributed by atoms with E-state index in [1.165, 1.54) is 18.7 Å². The van der Waals surface area contributed by atoms with Gasteiger partial charge in [0.05, 0.1) is 17.7 Å². The van der Waals surface area contributed by atoms with Crippen LogP contribution in [0, 0.1) is 0 Å². The summed E-state index contributed by atoms with van der Waals surface area (Å²) in [5.41, 5.74) is 0. The summed E-state index contributed by atoms with van der Waals surface area (Å²) in [5, 5.41) is 3.26. The van der Waals surface area contributed by atoms with Gasteiger partial charge >= 0.3 is 17.9 Å². The molecule has 0 saturated carbocycles. The molecule has 1 aliphatic rings. The molecule has 0 aromatic rings. The molecule has 114 valence electrons. The Morgan fingerprint density at radius 3 is 2.80 bits per heavy atom. The first-order valence-electron chi connectivity index (χ1n) is 6.36. The third-order valence-corrected chi connectivity index (χ3v) is 4.69. The molecule has 2 unspecified atom stereocenters. The van der Waals surface area contributed by atoms with Crippen molar-refractivity contribution in [1.82, 2.24) is 5.32 Å². The fourth-order valence-corrected chi connectivity index (χ4v) is 3.75. The Morgan fingerprint density at radius 2 is 2.15 bits per heavy atom. The fourth-order valence-electron chi connectivity index (χ4n) is 1.60. The molecule has 0 radical (unpaired) electrons. The molecule has 1 heterocycles. The minimum atomic E-state index is -0.588. The van der Waals surface area contributed by atoms with Gasteiger partial charge in [-0.05, 0) is 19.1 Å². The van der Waals surface area contributed by atoms with E-state index in [-0.39, 0.29) is 11.3 Å². The zero-order valence-electron chi connectivity index (χ0n) is 11.5. The van der Waals surface area contributed by atoms with Crippen LogP contribution in [0.3, 0.4) is 0 Å². The number of nitrogens with one attached hydrogen (secondary N) is 1. The van der Waals surface area contributed by atoms with E-state index < -0.39 is 18.0 Å². The van der Waals surface area contributed by atoms with E-state index in [2.05, 4.69) is 10.1 Å². The quantitative estimate of drug-likeness (QED) is 0.419. The molecule has 1 aliphatic heterocycles. The van der Waals surface area contributed by atoms with Gasteiger partial charge in [-0.1, -0.05) is 0 Å². The summed E-state index contributed by atoms with van der Waals surface area (Å²) in [7, 11) is 0. The summed E-state index contributed by atoms with van der Waals surface area (Å²) in [6.45, 7) is 3.39. The van der Waals surface area contributed by atoms with Crippen molar-refractivity contribution >= 4 is 41.4 Å². The first-order valence-corrected chi connectivity index (χ1v) is 8.56. The van der Waals surface area contributed by atoms with Crippen molar-refractivity contribution < 1.29 is 23.9 Å². The van der Waals surface area contributed by atoms with Gasteiger partial charge in [0.2, 0.25) is 0 Å². The van der Waals surface area contributed by atoms with Crippen LogP contribution in [0.25, 0.3) is 0 Å². The summed E-state index contributed by atoms with van der Waals surface area (Å²) in [6.07, 6.45) is 0.832. The SMILES string of the molecule is CCOC(=O)CSCCC1NC(C(=O)OC(C)=O)CS1. The molecular weight excluding hydrogens is 302 g/mol. The summed E-state index contributed by atoms with van der Waals surface area (Å²) in [5.74, 6) is 0.438. The van der Waals surface area contributed by atoms with E-state index in [0.29, 0.717) is 18.1 Å². The van der Waals surface area contributed by atoms with E-state index in [9.17, 15) is 14.4 Å². The van der Waals surface area contributed by atoms with Crippen LogP contribution in [0.5, 0.6) is 0 Å². The maximum Gasteiger partial charge on any atom is 0.331 e. The maximum atomic E-state index is 11.5. The average molecular weight is 321 g/mol. The van der Waals surface area contributed by atoms with Crippen LogP contribution in [0.2, 0.25) is 0 Å². The first-order chi connectivity index (χ1) is 9.52. The van der Waals surface area contributed by atoms with Gasteiger partial charge in [0.25, 0.3) is 0 Å². The predicted octanol–water partition coefficient (Wildman–Crippen LogP) is 0.794. The van der Waals surface area contributed by atoms with E-state index in [0.717, 1.165) is 12.2 Å². The van der Waals surface area contributed by atoms with Crippen molar-refractivity contribution in [3.05, 3.63) is 0 Å². The molecule has 0 spiro atoms. The van der Waals surface area contributed by atoms with Crippen LogP contribution < -0.4 is 5.32 Å². The fraction of sp³-hybridized carbons (Fsp3) is 0.750. The normalized spacial score (nSPS) is 21.5. The third kappa shape index (κ3) is 6.62. The van der Waals surface area contributed by atoms with Crippen molar-refractivity contribution in [2.75, 3.05) is 23.9 Å². The van der Waals surface area contributed by atoms with Gasteiger partial charge in [-0.3, -0.25) is 14.9 Å². The predicted molar refractivity (Wildman–Crippen MR) is 78.5 cm³/mol. The highest BCUT2D eigenvalue weighted by Crippen LogP contribution is 2.23. The second-order valence-corrected chi connectivity index (χ2v) is 6.44. The Hall–Kier alpha value is -0.730. The number of rotatable bonds is 7. The van der Waals surface area contributed by atoms with Gasteiger partial charge in [0, 0.05) is 12.7 Å². The van der Waals surface area contributed by atoms with Crippen molar-refractivity contribution in [2.24, 2.45) is 0 Å². The molecule has 20 heavy (non-hydrogen) atoms. The van der Waals surface area contributed by atoms with Gasteiger partial charge in [-0.2, -0.15) is 11.8 Å². The Labute approximate surface area is 126 Å². The van der Waals surface area contributed by atoms with Crippen LogP contribution in [0.15, 0.2) is 0 Å². The maximum absolute atomic E-state index is 11.5. The molecule has 0 aromatic carbocycles. The summed E-state index contributed by atoms with van der Waals surface area (Å²) < 4.78 is 9.37. The zero-order valence-corrected chi connectivity index (χ0v) is 13.2. The van der Waals surface area contributed by atoms with Gasteiger partial charge in [0.1, 0.15) is 6.04 Å². The topological polar surface area (TPSA) is 81.7 Å². The number of carbonyl (C=O) groups is 3. The molecule has 0 amide bonds. The molecular formula is C12H19NO5S2. The minimum Gasteiger partial charge on any atom is -0.465 e. The standard InChI is InChI=1S/C12H19NO5S2/c1-3-17-11(15)7-19-5-4-10-13-9(6-20-10)12(16)18-8(2)14/h9-10,13H,3-7H2,1-2H3. The molecule has 1 fully saturated rings. The number of hydrogen-bond acceptors (Lipinski definition) is 8. The van der Waals surface area contributed by atoms with E-state index in [4.69, 9.17) is 4.74 Å². The monoisotopic (exact) mass is 321 g/mol. The van der Waals surface area contributed by atoms with Gasteiger partial charge < -0.3 is 9.47 Å². The number of esters is 3. The lowest BCUT2D eigenvalue weighted by Crippen LogP contribution is -2.38. The lowest BCUT2D eigenvalue weighted by molar-refractivity contribution is -0.159. The lowest BCUT2D eigenvalue weighted by atomic mass is 10.3. The molecule has 8 heteroatoms. The number of hydrogen-bond donors (Lipinski definition) is 1. The summed E-state index contributed by atoms with van der Waals surface area (Å²) in [6, 6.07) is -0.427. The Balaban J connectivity index is 2.13. The molecule has 6 nitrogen and oxygen atoms in total. The second kappa shape index (κ2) is 9.25. The van der Waals surface area contributed by atoms with E-state index in [1.54, 1.807) is 18.7 Å². The molecule has 1 saturated heterocycles. The largest absolute Gasteiger partial charge is 0.465 e. The van der Waals surface area contributed by atoms with Crippen molar-refractivity contribution in [3.8, 4) is 0 Å². The highest BCUT2D eigenvalue weighted by molar-refractivity contribution is 8.00. The molecule has 1 rings (SSSR count). The number of ether oxygens (including phenoxy) is 2. The number of thioether (sulfide) groups is 2. The van der Waals surface area contributed by atoms with Gasteiger partial charge in [-0.25, -0.2) is 4.79 Å². The Morgan fingerprint density at radius 1 is 1.40 bits per heavy atom. The summed E-state index contributed by atoms with van der Waals surface area (Å²) in [4.78, 5) is 33.3.